The van der Waals surface area contributed by atoms with Crippen LogP contribution >= 0.6 is 15.9 Å². The molecule has 0 heterocycles. The Morgan fingerprint density at radius 1 is 1.07 bits per heavy atom. The van der Waals surface area contributed by atoms with Gasteiger partial charge < -0.3 is 19.7 Å². The fraction of sp³-hybridized carbons (Fsp3) is 0.350. The summed E-state index contributed by atoms with van der Waals surface area (Å²) in [6.07, 6.45) is -0.578. The van der Waals surface area contributed by atoms with Crippen LogP contribution < -0.4 is 10.1 Å². The highest BCUT2D eigenvalue weighted by atomic mass is 79.9. The molecule has 6 nitrogen and oxygen atoms in total. The van der Waals surface area contributed by atoms with E-state index >= 15 is 0 Å². The SMILES string of the molecule is C[C@@H](CCO)[C@H](OC(=O)Nc1ccc(Br)cc1)c1ccc(OCCO)cc1. The number of anilines is 1. The van der Waals surface area contributed by atoms with Crippen LogP contribution in [0.4, 0.5) is 10.5 Å². The minimum atomic E-state index is -0.562. The van der Waals surface area contributed by atoms with Gasteiger partial charge in [0, 0.05) is 16.8 Å². The van der Waals surface area contributed by atoms with Gasteiger partial charge in [0.1, 0.15) is 18.5 Å². The molecule has 0 unspecified atom stereocenters. The number of hydrogen-bond acceptors (Lipinski definition) is 5. The molecule has 0 aliphatic carbocycles. The van der Waals surface area contributed by atoms with Crippen LogP contribution in [0.25, 0.3) is 0 Å². The molecule has 0 spiro atoms. The average Bonchev–Trinajstić information content (AvgIpc) is 2.67. The van der Waals surface area contributed by atoms with Crippen LogP contribution in [0.5, 0.6) is 5.75 Å². The van der Waals surface area contributed by atoms with Crippen molar-refractivity contribution in [2.24, 2.45) is 5.92 Å². The van der Waals surface area contributed by atoms with Gasteiger partial charge >= 0.3 is 6.09 Å². The van der Waals surface area contributed by atoms with Crippen molar-refractivity contribution in [3.63, 3.8) is 0 Å². The first-order valence-corrected chi connectivity index (χ1v) is 9.50. The van der Waals surface area contributed by atoms with E-state index in [0.717, 1.165) is 10.0 Å². The summed E-state index contributed by atoms with van der Waals surface area (Å²) in [5.41, 5.74) is 1.43. The molecule has 2 aromatic carbocycles. The zero-order valence-corrected chi connectivity index (χ0v) is 16.7. The second kappa shape index (κ2) is 10.9. The Morgan fingerprint density at radius 2 is 1.74 bits per heavy atom. The molecular weight excluding hydrogens is 414 g/mol. The number of ether oxygens (including phenoxy) is 2. The standard InChI is InChI=1S/C20H24BrNO5/c1-14(10-11-23)19(15-2-8-18(9-3-15)26-13-12-24)27-20(25)22-17-6-4-16(21)5-7-17/h2-9,14,19,23-24H,10-13H2,1H3,(H,22,25)/t14-,19-/m0/s1. The largest absolute Gasteiger partial charge is 0.491 e. The lowest BCUT2D eigenvalue weighted by Gasteiger charge is -2.24. The van der Waals surface area contributed by atoms with Crippen LogP contribution in [0, 0.1) is 5.92 Å². The van der Waals surface area contributed by atoms with E-state index in [0.29, 0.717) is 17.9 Å². The summed E-state index contributed by atoms with van der Waals surface area (Å²) < 4.78 is 11.9. The molecule has 1 amide bonds. The Kier molecular flexibility index (Phi) is 8.57. The molecule has 2 aromatic rings. The molecule has 0 fully saturated rings. The third-order valence-electron chi connectivity index (χ3n) is 3.99. The van der Waals surface area contributed by atoms with E-state index in [2.05, 4.69) is 21.2 Å². The summed E-state index contributed by atoms with van der Waals surface area (Å²) in [5, 5.41) is 20.8. The summed E-state index contributed by atoms with van der Waals surface area (Å²) >= 11 is 3.35. The topological polar surface area (TPSA) is 88.0 Å². The highest BCUT2D eigenvalue weighted by Gasteiger charge is 2.23. The van der Waals surface area contributed by atoms with Crippen LogP contribution in [-0.2, 0) is 4.74 Å². The Morgan fingerprint density at radius 3 is 2.33 bits per heavy atom. The van der Waals surface area contributed by atoms with E-state index in [1.807, 2.05) is 31.2 Å². The molecular formula is C20H24BrNO5. The number of amides is 1. The van der Waals surface area contributed by atoms with Gasteiger partial charge in [-0.3, -0.25) is 5.32 Å². The van der Waals surface area contributed by atoms with E-state index in [-0.39, 0.29) is 25.7 Å². The quantitative estimate of drug-likeness (QED) is 0.548. The normalized spacial score (nSPS) is 12.9. The predicted molar refractivity (Wildman–Crippen MR) is 107 cm³/mol. The van der Waals surface area contributed by atoms with Crippen molar-refractivity contribution >= 4 is 27.7 Å². The lowest BCUT2D eigenvalue weighted by Crippen LogP contribution is -2.22. The van der Waals surface area contributed by atoms with Crippen LogP contribution in [-0.4, -0.2) is 36.1 Å². The Labute approximate surface area is 167 Å². The number of aliphatic hydroxyl groups is 2. The number of aliphatic hydroxyl groups excluding tert-OH is 2. The molecule has 0 radical (unpaired) electrons. The van der Waals surface area contributed by atoms with E-state index < -0.39 is 12.2 Å². The third kappa shape index (κ3) is 6.86. The third-order valence-corrected chi connectivity index (χ3v) is 4.52. The van der Waals surface area contributed by atoms with Gasteiger partial charge in [0.15, 0.2) is 0 Å². The Hall–Kier alpha value is -2.09. The lowest BCUT2D eigenvalue weighted by atomic mass is 9.94. The predicted octanol–water partition coefficient (Wildman–Crippen LogP) is 4.13. The molecule has 0 aromatic heterocycles. The summed E-state index contributed by atoms with van der Waals surface area (Å²) in [7, 11) is 0. The van der Waals surface area contributed by atoms with Crippen LogP contribution in [0.15, 0.2) is 53.0 Å². The molecule has 0 aliphatic rings. The second-order valence-electron chi connectivity index (χ2n) is 6.09. The highest BCUT2D eigenvalue weighted by Crippen LogP contribution is 2.30. The van der Waals surface area contributed by atoms with Crippen molar-refractivity contribution in [1.82, 2.24) is 0 Å². The molecule has 2 rings (SSSR count). The zero-order valence-electron chi connectivity index (χ0n) is 15.1. The minimum absolute atomic E-state index is 0.00700. The Bertz CT molecular complexity index is 705. The van der Waals surface area contributed by atoms with Gasteiger partial charge in [0.05, 0.1) is 6.61 Å². The van der Waals surface area contributed by atoms with E-state index in [4.69, 9.17) is 14.6 Å². The van der Waals surface area contributed by atoms with E-state index in [1.165, 1.54) is 0 Å². The fourth-order valence-electron chi connectivity index (χ4n) is 2.58. The molecule has 2 atom stereocenters. The van der Waals surface area contributed by atoms with E-state index in [9.17, 15) is 9.90 Å². The molecule has 3 N–H and O–H groups in total. The summed E-state index contributed by atoms with van der Waals surface area (Å²) in [5.74, 6) is 0.551. The van der Waals surface area contributed by atoms with Gasteiger partial charge in [-0.25, -0.2) is 4.79 Å². The molecule has 7 heteroatoms. The number of carbonyl (C=O) groups excluding carboxylic acids is 1. The molecule has 146 valence electrons. The number of benzene rings is 2. The molecule has 0 aliphatic heterocycles. The summed E-state index contributed by atoms with van der Waals surface area (Å²) in [6, 6.07) is 14.4. The van der Waals surface area contributed by atoms with Gasteiger partial charge in [-0.2, -0.15) is 0 Å². The summed E-state index contributed by atoms with van der Waals surface area (Å²) in [4.78, 5) is 12.3. The first-order valence-electron chi connectivity index (χ1n) is 8.71. The molecule has 0 saturated carbocycles. The maximum Gasteiger partial charge on any atom is 0.412 e. The number of hydrogen-bond donors (Lipinski definition) is 3. The maximum atomic E-state index is 12.3. The van der Waals surface area contributed by atoms with Gasteiger partial charge in [0.25, 0.3) is 0 Å². The smallest absolute Gasteiger partial charge is 0.412 e. The number of nitrogens with one attached hydrogen (secondary N) is 1. The zero-order chi connectivity index (χ0) is 19.6. The van der Waals surface area contributed by atoms with Gasteiger partial charge in [0.2, 0.25) is 0 Å². The maximum absolute atomic E-state index is 12.3. The fourth-order valence-corrected chi connectivity index (χ4v) is 2.85. The highest BCUT2D eigenvalue weighted by molar-refractivity contribution is 9.10. The van der Waals surface area contributed by atoms with Crippen molar-refractivity contribution in [3.05, 3.63) is 58.6 Å². The number of halogens is 1. The van der Waals surface area contributed by atoms with Crippen molar-refractivity contribution in [1.29, 1.82) is 0 Å². The van der Waals surface area contributed by atoms with Gasteiger partial charge in [-0.15, -0.1) is 0 Å². The molecule has 0 bridgehead atoms. The van der Waals surface area contributed by atoms with Gasteiger partial charge in [-0.05, 0) is 54.3 Å². The molecule has 27 heavy (non-hydrogen) atoms. The summed E-state index contributed by atoms with van der Waals surface area (Å²) in [6.45, 7) is 2.09. The van der Waals surface area contributed by atoms with Crippen molar-refractivity contribution in [3.8, 4) is 5.75 Å². The first-order chi connectivity index (χ1) is 13.0. The van der Waals surface area contributed by atoms with Crippen LogP contribution in [0.3, 0.4) is 0 Å². The average molecular weight is 438 g/mol. The number of rotatable bonds is 9. The van der Waals surface area contributed by atoms with Crippen molar-refractivity contribution in [2.45, 2.75) is 19.4 Å². The van der Waals surface area contributed by atoms with Crippen molar-refractivity contribution < 1.29 is 24.5 Å². The van der Waals surface area contributed by atoms with E-state index in [1.54, 1.807) is 24.3 Å². The lowest BCUT2D eigenvalue weighted by molar-refractivity contribution is 0.0667. The first kappa shape index (κ1) is 21.2. The van der Waals surface area contributed by atoms with Crippen molar-refractivity contribution in [2.75, 3.05) is 25.1 Å². The van der Waals surface area contributed by atoms with Crippen LogP contribution in [0.1, 0.15) is 25.0 Å². The number of carbonyl (C=O) groups is 1. The monoisotopic (exact) mass is 437 g/mol. The molecule has 0 saturated heterocycles. The Balaban J connectivity index is 2.08. The minimum Gasteiger partial charge on any atom is -0.491 e. The second-order valence-corrected chi connectivity index (χ2v) is 7.00. The van der Waals surface area contributed by atoms with Crippen LogP contribution in [0.2, 0.25) is 0 Å². The van der Waals surface area contributed by atoms with Gasteiger partial charge in [-0.1, -0.05) is 35.0 Å².